The van der Waals surface area contributed by atoms with Gasteiger partial charge in [-0.15, -0.1) is 0 Å². The molecule has 384 valence electrons. The van der Waals surface area contributed by atoms with E-state index in [0.29, 0.717) is 25.7 Å². The normalized spacial score (nSPS) is 13.0. The van der Waals surface area contributed by atoms with Crippen molar-refractivity contribution < 1.29 is 28.6 Å². The molecule has 0 aliphatic carbocycles. The van der Waals surface area contributed by atoms with Gasteiger partial charge in [-0.25, -0.2) is 0 Å². The molecule has 0 aliphatic heterocycles. The number of hydrogen-bond acceptors (Lipinski definition) is 6. The molecular formula is C62H100O6. The molecule has 0 radical (unpaired) electrons. The summed E-state index contributed by atoms with van der Waals surface area (Å²) in [6, 6.07) is 0. The fourth-order valence-electron chi connectivity index (χ4n) is 7.10. The van der Waals surface area contributed by atoms with Gasteiger partial charge < -0.3 is 14.2 Å². The second-order valence-electron chi connectivity index (χ2n) is 17.7. The number of unbranched alkanes of at least 4 members (excludes halogenated alkanes) is 17. The Morgan fingerprint density at radius 3 is 0.956 bits per heavy atom. The molecule has 1 atom stereocenters. The third-order valence-electron chi connectivity index (χ3n) is 11.2. The summed E-state index contributed by atoms with van der Waals surface area (Å²) < 4.78 is 16.8. The Labute approximate surface area is 418 Å². The Hall–Kier alpha value is -4.19. The molecule has 0 rings (SSSR count). The zero-order valence-corrected chi connectivity index (χ0v) is 43.8. The average Bonchev–Trinajstić information content (AvgIpc) is 3.34. The molecular weight excluding hydrogens is 841 g/mol. The van der Waals surface area contributed by atoms with Crippen LogP contribution in [0.15, 0.2) is 122 Å². The highest BCUT2D eigenvalue weighted by Crippen LogP contribution is 2.13. The van der Waals surface area contributed by atoms with E-state index >= 15 is 0 Å². The van der Waals surface area contributed by atoms with Crippen LogP contribution in [0.2, 0.25) is 0 Å². The maximum Gasteiger partial charge on any atom is 0.306 e. The lowest BCUT2D eigenvalue weighted by Crippen LogP contribution is -2.30. The van der Waals surface area contributed by atoms with E-state index in [0.717, 1.165) is 128 Å². The second kappa shape index (κ2) is 55.4. The van der Waals surface area contributed by atoms with Gasteiger partial charge in [0.05, 0.1) is 0 Å². The van der Waals surface area contributed by atoms with Gasteiger partial charge in [-0.05, 0) is 128 Å². The largest absolute Gasteiger partial charge is 0.462 e. The van der Waals surface area contributed by atoms with E-state index in [-0.39, 0.29) is 31.1 Å². The summed E-state index contributed by atoms with van der Waals surface area (Å²) in [5.41, 5.74) is 0. The Morgan fingerprint density at radius 2 is 0.574 bits per heavy atom. The number of allylic oxidation sites excluding steroid dienone is 20. The van der Waals surface area contributed by atoms with Crippen LogP contribution in [0.25, 0.3) is 0 Å². The molecule has 6 nitrogen and oxygen atoms in total. The molecule has 0 aromatic rings. The fourth-order valence-corrected chi connectivity index (χ4v) is 7.10. The predicted octanol–water partition coefficient (Wildman–Crippen LogP) is 18.5. The van der Waals surface area contributed by atoms with Crippen molar-refractivity contribution in [3.63, 3.8) is 0 Å². The molecule has 0 unspecified atom stereocenters. The van der Waals surface area contributed by atoms with E-state index < -0.39 is 6.10 Å². The molecule has 68 heavy (non-hydrogen) atoms. The SMILES string of the molecule is CC/C=C\C/C=C\C/C=C\C/C=C\C/C=C\CCCCCC(=O)OC[C@@H](COC(=O)CCCC/C=C\C/C=C\C/C=C\C/C=C\CC)OC(=O)CCCCCCC/C=C\CCCCCCCCC. The summed E-state index contributed by atoms with van der Waals surface area (Å²) in [6.07, 6.45) is 76.1. The Morgan fingerprint density at radius 1 is 0.309 bits per heavy atom. The van der Waals surface area contributed by atoms with Gasteiger partial charge in [-0.3, -0.25) is 14.4 Å². The van der Waals surface area contributed by atoms with Gasteiger partial charge in [0, 0.05) is 19.3 Å². The number of esters is 3. The quantitative estimate of drug-likeness (QED) is 0.0262. The molecule has 0 N–H and O–H groups in total. The average molecular weight is 941 g/mol. The first-order valence-corrected chi connectivity index (χ1v) is 27.5. The van der Waals surface area contributed by atoms with Crippen molar-refractivity contribution in [3.8, 4) is 0 Å². The maximum atomic E-state index is 12.8. The topological polar surface area (TPSA) is 78.9 Å². The maximum absolute atomic E-state index is 12.8. The molecule has 0 heterocycles. The molecule has 0 saturated heterocycles. The summed E-state index contributed by atoms with van der Waals surface area (Å²) in [4.78, 5) is 38.1. The van der Waals surface area contributed by atoms with Crippen LogP contribution in [-0.4, -0.2) is 37.2 Å². The minimum absolute atomic E-state index is 0.115. The van der Waals surface area contributed by atoms with Gasteiger partial charge in [0.1, 0.15) is 13.2 Å². The molecule has 0 saturated carbocycles. The highest BCUT2D eigenvalue weighted by molar-refractivity contribution is 5.71. The molecule has 0 spiro atoms. The van der Waals surface area contributed by atoms with E-state index in [1.165, 1.54) is 57.8 Å². The van der Waals surface area contributed by atoms with Crippen LogP contribution in [0.5, 0.6) is 0 Å². The second-order valence-corrected chi connectivity index (χ2v) is 17.7. The van der Waals surface area contributed by atoms with Crippen molar-refractivity contribution in [1.82, 2.24) is 0 Å². The first-order valence-electron chi connectivity index (χ1n) is 27.5. The molecule has 0 fully saturated rings. The number of carbonyl (C=O) groups excluding carboxylic acids is 3. The van der Waals surface area contributed by atoms with E-state index in [2.05, 4.69) is 142 Å². The van der Waals surface area contributed by atoms with Crippen molar-refractivity contribution in [2.24, 2.45) is 0 Å². The lowest BCUT2D eigenvalue weighted by Gasteiger charge is -2.18. The Balaban J connectivity index is 4.54. The minimum atomic E-state index is -0.817. The van der Waals surface area contributed by atoms with Gasteiger partial charge in [-0.2, -0.15) is 0 Å². The van der Waals surface area contributed by atoms with Crippen LogP contribution in [0.1, 0.15) is 233 Å². The summed E-state index contributed by atoms with van der Waals surface area (Å²) in [5.74, 6) is -0.998. The Kier molecular flexibility index (Phi) is 52.0. The lowest BCUT2D eigenvalue weighted by molar-refractivity contribution is -0.167. The first-order chi connectivity index (χ1) is 33.5. The number of carbonyl (C=O) groups is 3. The van der Waals surface area contributed by atoms with Crippen LogP contribution >= 0.6 is 0 Å². The molecule has 0 bridgehead atoms. The number of rotatable bonds is 48. The molecule has 0 aromatic heterocycles. The molecule has 6 heteroatoms. The van der Waals surface area contributed by atoms with Crippen molar-refractivity contribution in [2.75, 3.05) is 13.2 Å². The van der Waals surface area contributed by atoms with Gasteiger partial charge in [0.2, 0.25) is 0 Å². The lowest BCUT2D eigenvalue weighted by atomic mass is 10.1. The Bertz CT molecular complexity index is 1450. The highest BCUT2D eigenvalue weighted by Gasteiger charge is 2.19. The van der Waals surface area contributed by atoms with E-state index in [4.69, 9.17) is 14.2 Å². The van der Waals surface area contributed by atoms with Crippen molar-refractivity contribution in [1.29, 1.82) is 0 Å². The summed E-state index contributed by atoms with van der Waals surface area (Å²) in [7, 11) is 0. The van der Waals surface area contributed by atoms with E-state index in [1.807, 2.05) is 0 Å². The van der Waals surface area contributed by atoms with E-state index in [1.54, 1.807) is 0 Å². The summed E-state index contributed by atoms with van der Waals surface area (Å²) >= 11 is 0. The van der Waals surface area contributed by atoms with Crippen LogP contribution in [0.4, 0.5) is 0 Å². The molecule has 0 aliphatic rings. The zero-order chi connectivity index (χ0) is 49.3. The molecule has 0 aromatic carbocycles. The zero-order valence-electron chi connectivity index (χ0n) is 43.8. The number of ether oxygens (including phenoxy) is 3. The summed E-state index contributed by atoms with van der Waals surface area (Å²) in [5, 5.41) is 0. The first kappa shape index (κ1) is 63.8. The summed E-state index contributed by atoms with van der Waals surface area (Å²) in [6.45, 7) is 6.33. The van der Waals surface area contributed by atoms with Gasteiger partial charge in [0.15, 0.2) is 6.10 Å². The van der Waals surface area contributed by atoms with Crippen molar-refractivity contribution in [3.05, 3.63) is 122 Å². The standard InChI is InChI=1S/C62H100O6/c1-4-7-10-13-16-19-22-25-28-30-31-32-35-37-40-43-46-49-52-55-61(64)67-58-59(57-66-60(63)54-51-48-45-42-39-36-33-27-24-21-18-15-12-9-6-3)68-62(65)56-53-50-47-44-41-38-34-29-26-23-20-17-14-11-8-5-2/h7,9-10,12,16,18-19,21,25,27-29,31-34,37,39-40,42,59H,4-6,8,11,13-15,17,20,22-24,26,30,35-36,38,41,43-58H2,1-3H3/b10-7-,12-9-,19-16-,21-18-,28-25-,32-31-,33-27-,34-29-,40-37-,42-39-/t59-/m1/s1. The van der Waals surface area contributed by atoms with Gasteiger partial charge >= 0.3 is 17.9 Å². The highest BCUT2D eigenvalue weighted by atomic mass is 16.6. The monoisotopic (exact) mass is 941 g/mol. The predicted molar refractivity (Wildman–Crippen MR) is 293 cm³/mol. The number of hydrogen-bond donors (Lipinski definition) is 0. The van der Waals surface area contributed by atoms with Crippen LogP contribution in [0, 0.1) is 0 Å². The fraction of sp³-hybridized carbons (Fsp3) is 0.629. The third-order valence-corrected chi connectivity index (χ3v) is 11.2. The van der Waals surface area contributed by atoms with Crippen LogP contribution in [-0.2, 0) is 28.6 Å². The van der Waals surface area contributed by atoms with Crippen LogP contribution in [0.3, 0.4) is 0 Å². The van der Waals surface area contributed by atoms with Gasteiger partial charge in [0.25, 0.3) is 0 Å². The smallest absolute Gasteiger partial charge is 0.306 e. The van der Waals surface area contributed by atoms with Crippen LogP contribution < -0.4 is 0 Å². The van der Waals surface area contributed by atoms with Crippen molar-refractivity contribution in [2.45, 2.75) is 239 Å². The third kappa shape index (κ3) is 52.8. The van der Waals surface area contributed by atoms with Gasteiger partial charge in [-0.1, -0.05) is 206 Å². The minimum Gasteiger partial charge on any atom is -0.462 e. The molecule has 0 amide bonds. The van der Waals surface area contributed by atoms with E-state index in [9.17, 15) is 14.4 Å². The van der Waals surface area contributed by atoms with Crippen molar-refractivity contribution >= 4 is 17.9 Å².